The van der Waals surface area contributed by atoms with Crippen LogP contribution in [0, 0.1) is 15.9 Å². The molecule has 3 rings (SSSR count). The minimum absolute atomic E-state index is 0.0150. The molecule has 0 unspecified atom stereocenters. The van der Waals surface area contributed by atoms with Crippen LogP contribution >= 0.6 is 0 Å². The molecule has 0 fully saturated rings. The number of rotatable bonds is 4. The first-order valence-corrected chi connectivity index (χ1v) is 7.09. The van der Waals surface area contributed by atoms with Crippen molar-refractivity contribution in [1.82, 2.24) is 0 Å². The van der Waals surface area contributed by atoms with E-state index in [-0.39, 0.29) is 23.0 Å². The van der Waals surface area contributed by atoms with Gasteiger partial charge in [-0.05, 0) is 42.0 Å². The van der Waals surface area contributed by atoms with Gasteiger partial charge in [-0.15, -0.1) is 0 Å². The molecule has 0 saturated heterocycles. The van der Waals surface area contributed by atoms with E-state index in [9.17, 15) is 19.3 Å². The van der Waals surface area contributed by atoms with E-state index in [2.05, 4.69) is 4.99 Å². The monoisotopic (exact) mass is 342 g/mol. The van der Waals surface area contributed by atoms with Gasteiger partial charge in [-0.3, -0.25) is 10.1 Å². The van der Waals surface area contributed by atoms with E-state index >= 15 is 0 Å². The number of nitro groups is 1. The molecule has 0 radical (unpaired) electrons. The number of hydrogen-bond donors (Lipinski definition) is 0. The highest BCUT2D eigenvalue weighted by Gasteiger charge is 2.24. The predicted molar refractivity (Wildman–Crippen MR) is 86.7 cm³/mol. The maximum absolute atomic E-state index is 13.0. The number of carbonyl (C=O) groups is 1. The molecule has 2 aromatic rings. The molecule has 25 heavy (non-hydrogen) atoms. The van der Waals surface area contributed by atoms with Crippen molar-refractivity contribution in [2.75, 3.05) is 7.11 Å². The highest BCUT2D eigenvalue weighted by Crippen LogP contribution is 2.29. The Labute approximate surface area is 141 Å². The van der Waals surface area contributed by atoms with Crippen LogP contribution in [-0.4, -0.2) is 23.9 Å². The number of hydrogen-bond acceptors (Lipinski definition) is 6. The number of nitrogens with zero attached hydrogens (tertiary/aromatic N) is 2. The van der Waals surface area contributed by atoms with Gasteiger partial charge in [0.1, 0.15) is 5.82 Å². The third-order valence-electron chi connectivity index (χ3n) is 3.41. The smallest absolute Gasteiger partial charge is 0.363 e. The Bertz CT molecular complexity index is 919. The zero-order chi connectivity index (χ0) is 18.0. The lowest BCUT2D eigenvalue weighted by Crippen LogP contribution is -2.05. The van der Waals surface area contributed by atoms with Crippen molar-refractivity contribution in [2.45, 2.75) is 0 Å². The lowest BCUT2D eigenvalue weighted by atomic mass is 10.1. The number of halogens is 1. The van der Waals surface area contributed by atoms with Crippen molar-refractivity contribution in [3.8, 4) is 5.75 Å². The molecule has 0 N–H and O–H groups in total. The molecule has 0 saturated carbocycles. The molecule has 8 heteroatoms. The van der Waals surface area contributed by atoms with Gasteiger partial charge in [0, 0.05) is 11.6 Å². The molecule has 0 bridgehead atoms. The van der Waals surface area contributed by atoms with Crippen molar-refractivity contribution in [3.63, 3.8) is 0 Å². The van der Waals surface area contributed by atoms with Gasteiger partial charge < -0.3 is 9.47 Å². The summed E-state index contributed by atoms with van der Waals surface area (Å²) >= 11 is 0. The molecule has 7 nitrogen and oxygen atoms in total. The van der Waals surface area contributed by atoms with Gasteiger partial charge in [0.25, 0.3) is 0 Å². The summed E-state index contributed by atoms with van der Waals surface area (Å²) in [6, 6.07) is 9.56. The Morgan fingerprint density at radius 3 is 2.60 bits per heavy atom. The fourth-order valence-electron chi connectivity index (χ4n) is 2.22. The summed E-state index contributed by atoms with van der Waals surface area (Å²) in [7, 11) is 1.33. The first-order valence-electron chi connectivity index (χ1n) is 7.09. The third-order valence-corrected chi connectivity index (χ3v) is 3.41. The minimum atomic E-state index is -0.696. The number of methoxy groups -OCH3 is 1. The second kappa shape index (κ2) is 6.52. The summed E-state index contributed by atoms with van der Waals surface area (Å²) in [5.74, 6) is -0.969. The quantitative estimate of drug-likeness (QED) is 0.368. The van der Waals surface area contributed by atoms with Crippen LogP contribution in [0.1, 0.15) is 11.1 Å². The van der Waals surface area contributed by atoms with Crippen LogP contribution < -0.4 is 4.74 Å². The van der Waals surface area contributed by atoms with Gasteiger partial charge in [0.2, 0.25) is 5.90 Å². The van der Waals surface area contributed by atoms with Crippen LogP contribution in [0.25, 0.3) is 6.08 Å². The summed E-state index contributed by atoms with van der Waals surface area (Å²) in [5, 5.41) is 11.1. The molecule has 1 heterocycles. The Morgan fingerprint density at radius 2 is 1.96 bits per heavy atom. The number of aliphatic imine (C=N–C) groups is 1. The van der Waals surface area contributed by atoms with Crippen molar-refractivity contribution in [3.05, 3.63) is 75.2 Å². The second-order valence-electron chi connectivity index (χ2n) is 5.03. The van der Waals surface area contributed by atoms with Crippen LogP contribution in [0.2, 0.25) is 0 Å². The summed E-state index contributed by atoms with van der Waals surface area (Å²) in [4.78, 5) is 26.5. The first kappa shape index (κ1) is 16.3. The van der Waals surface area contributed by atoms with Crippen molar-refractivity contribution in [2.24, 2.45) is 4.99 Å². The molecule has 0 atom stereocenters. The Hall–Kier alpha value is -3.55. The summed E-state index contributed by atoms with van der Waals surface area (Å²) in [5.41, 5.74) is 0.590. The largest absolute Gasteiger partial charge is 0.490 e. The van der Waals surface area contributed by atoms with Crippen molar-refractivity contribution < 1.29 is 23.6 Å². The first-order chi connectivity index (χ1) is 12.0. The van der Waals surface area contributed by atoms with E-state index in [1.165, 1.54) is 49.6 Å². The van der Waals surface area contributed by atoms with Crippen LogP contribution in [0.15, 0.2) is 53.2 Å². The van der Waals surface area contributed by atoms with Gasteiger partial charge in [0.15, 0.2) is 11.4 Å². The third kappa shape index (κ3) is 3.37. The molecular formula is C17H11FN2O5. The molecule has 126 valence electrons. The van der Waals surface area contributed by atoms with Crippen LogP contribution in [-0.2, 0) is 9.53 Å². The average Bonchev–Trinajstić information content (AvgIpc) is 2.96. The standard InChI is InChI=1S/C17H11FN2O5/c1-24-15-7-2-10(9-14(15)20(22)23)8-13-17(21)25-16(19-13)11-3-5-12(18)6-4-11/h2-9H,1H3/b13-8-. The fraction of sp³-hybridized carbons (Fsp3) is 0.0588. The molecular weight excluding hydrogens is 331 g/mol. The molecule has 0 amide bonds. The fourth-order valence-corrected chi connectivity index (χ4v) is 2.22. The second-order valence-corrected chi connectivity index (χ2v) is 5.03. The van der Waals surface area contributed by atoms with E-state index in [0.717, 1.165) is 0 Å². The van der Waals surface area contributed by atoms with E-state index in [0.29, 0.717) is 11.1 Å². The van der Waals surface area contributed by atoms with E-state index in [1.54, 1.807) is 6.07 Å². The maximum Gasteiger partial charge on any atom is 0.363 e. The Morgan fingerprint density at radius 1 is 1.24 bits per heavy atom. The lowest BCUT2D eigenvalue weighted by molar-refractivity contribution is -0.385. The summed E-state index contributed by atoms with van der Waals surface area (Å²) in [6.45, 7) is 0. The van der Waals surface area contributed by atoms with Crippen LogP contribution in [0.5, 0.6) is 5.75 Å². The van der Waals surface area contributed by atoms with Gasteiger partial charge in [-0.1, -0.05) is 6.07 Å². The number of carbonyl (C=O) groups excluding carboxylic acids is 1. The van der Waals surface area contributed by atoms with Crippen LogP contribution in [0.4, 0.5) is 10.1 Å². The van der Waals surface area contributed by atoms with Gasteiger partial charge in [0.05, 0.1) is 12.0 Å². The van der Waals surface area contributed by atoms with Gasteiger partial charge in [-0.25, -0.2) is 14.2 Å². The molecule has 2 aromatic carbocycles. The number of nitro benzene ring substituents is 1. The number of cyclic esters (lactones) is 1. The van der Waals surface area contributed by atoms with Crippen LogP contribution in [0.3, 0.4) is 0 Å². The average molecular weight is 342 g/mol. The van der Waals surface area contributed by atoms with Gasteiger partial charge >= 0.3 is 11.7 Å². The number of esters is 1. The summed E-state index contributed by atoms with van der Waals surface area (Å²) in [6.07, 6.45) is 1.37. The zero-order valence-electron chi connectivity index (χ0n) is 12.9. The van der Waals surface area contributed by atoms with E-state index < -0.39 is 16.7 Å². The Kier molecular flexibility index (Phi) is 4.25. The van der Waals surface area contributed by atoms with Crippen molar-refractivity contribution >= 4 is 23.6 Å². The van der Waals surface area contributed by atoms with E-state index in [1.807, 2.05) is 0 Å². The Balaban J connectivity index is 1.95. The van der Waals surface area contributed by atoms with E-state index in [4.69, 9.17) is 9.47 Å². The number of benzene rings is 2. The molecule has 1 aliphatic heterocycles. The minimum Gasteiger partial charge on any atom is -0.490 e. The zero-order valence-corrected chi connectivity index (χ0v) is 12.9. The number of ether oxygens (including phenoxy) is 2. The molecule has 1 aliphatic rings. The predicted octanol–water partition coefficient (Wildman–Crippen LogP) is 3.09. The maximum atomic E-state index is 13.0. The molecule has 0 spiro atoms. The molecule has 0 aliphatic carbocycles. The highest BCUT2D eigenvalue weighted by atomic mass is 19.1. The lowest BCUT2D eigenvalue weighted by Gasteiger charge is -2.02. The normalized spacial score (nSPS) is 15.0. The SMILES string of the molecule is COc1ccc(/C=C2\N=C(c3ccc(F)cc3)OC2=O)cc1[N+](=O)[O-]. The topological polar surface area (TPSA) is 91.0 Å². The molecule has 0 aromatic heterocycles. The van der Waals surface area contributed by atoms with Crippen molar-refractivity contribution in [1.29, 1.82) is 0 Å². The summed E-state index contributed by atoms with van der Waals surface area (Å²) < 4.78 is 22.9. The highest BCUT2D eigenvalue weighted by molar-refractivity contribution is 6.12. The van der Waals surface area contributed by atoms with Gasteiger partial charge in [-0.2, -0.15) is 0 Å².